The van der Waals surface area contributed by atoms with Crippen molar-refractivity contribution in [3.8, 4) is 0 Å². The van der Waals surface area contributed by atoms with Crippen LogP contribution in [-0.4, -0.2) is 36.9 Å². The average Bonchev–Trinajstić information content (AvgIpc) is 2.92. The van der Waals surface area contributed by atoms with E-state index in [-0.39, 0.29) is 27.1 Å². The summed E-state index contributed by atoms with van der Waals surface area (Å²) in [6.07, 6.45) is 0.164. The Bertz CT molecular complexity index is 1180. The SMILES string of the molecule is Cc1c(CC(=O)O)c2cc(F)ccc2n1S(=O)(=O)c1ccc(N(C)C=O)cc1. The maximum Gasteiger partial charge on any atom is 0.307 e. The molecule has 0 fully saturated rings. The summed E-state index contributed by atoms with van der Waals surface area (Å²) in [6.45, 7) is 1.49. The van der Waals surface area contributed by atoms with Gasteiger partial charge >= 0.3 is 5.97 Å². The Labute approximate surface area is 160 Å². The number of aromatic nitrogens is 1. The fourth-order valence-corrected chi connectivity index (χ4v) is 4.71. The van der Waals surface area contributed by atoms with E-state index >= 15 is 0 Å². The molecule has 9 heteroatoms. The van der Waals surface area contributed by atoms with Crippen molar-refractivity contribution in [2.45, 2.75) is 18.2 Å². The number of benzene rings is 2. The number of carboxylic acids is 1. The Morgan fingerprint density at radius 2 is 1.86 bits per heavy atom. The third-order valence-corrected chi connectivity index (χ3v) is 6.33. The standard InChI is InChI=1S/C19H17FN2O5S/c1-12-16(10-19(24)25)17-9-13(20)3-8-18(17)22(12)28(26,27)15-6-4-14(5-7-15)21(2)11-23/h3-9,11H,10H2,1-2H3,(H,24,25). The van der Waals surface area contributed by atoms with Crippen LogP contribution in [0.2, 0.25) is 0 Å². The summed E-state index contributed by atoms with van der Waals surface area (Å²) in [7, 11) is -2.54. The first-order valence-corrected chi connectivity index (χ1v) is 9.66. The molecule has 1 amide bonds. The lowest BCUT2D eigenvalue weighted by atomic mass is 10.1. The number of fused-ring (bicyclic) bond motifs is 1. The Kier molecular flexibility index (Phi) is 4.95. The number of carbonyl (C=O) groups is 2. The summed E-state index contributed by atoms with van der Waals surface area (Å²) >= 11 is 0. The Hall–Kier alpha value is -3.20. The molecule has 0 saturated heterocycles. The molecule has 1 N–H and O–H groups in total. The monoisotopic (exact) mass is 404 g/mol. The van der Waals surface area contributed by atoms with Crippen molar-refractivity contribution in [1.82, 2.24) is 3.97 Å². The van der Waals surface area contributed by atoms with Gasteiger partial charge in [-0.3, -0.25) is 9.59 Å². The molecule has 146 valence electrons. The smallest absolute Gasteiger partial charge is 0.307 e. The van der Waals surface area contributed by atoms with E-state index in [1.807, 2.05) is 0 Å². The van der Waals surface area contributed by atoms with Gasteiger partial charge in [0.1, 0.15) is 5.82 Å². The highest BCUT2D eigenvalue weighted by Crippen LogP contribution is 2.31. The molecule has 7 nitrogen and oxygen atoms in total. The molecule has 1 heterocycles. The van der Waals surface area contributed by atoms with Gasteiger partial charge in [0.05, 0.1) is 16.8 Å². The van der Waals surface area contributed by atoms with Crippen LogP contribution in [-0.2, 0) is 26.0 Å². The van der Waals surface area contributed by atoms with Crippen molar-refractivity contribution in [2.75, 3.05) is 11.9 Å². The van der Waals surface area contributed by atoms with Crippen molar-refractivity contribution in [3.63, 3.8) is 0 Å². The minimum atomic E-state index is -4.08. The third-order valence-electron chi connectivity index (χ3n) is 4.51. The lowest BCUT2D eigenvalue weighted by Crippen LogP contribution is -2.16. The molecule has 0 aliphatic rings. The fraction of sp³-hybridized carbons (Fsp3) is 0.158. The van der Waals surface area contributed by atoms with Crippen molar-refractivity contribution < 1.29 is 27.5 Å². The van der Waals surface area contributed by atoms with Crippen LogP contribution in [0.15, 0.2) is 47.4 Å². The van der Waals surface area contributed by atoms with Crippen molar-refractivity contribution in [2.24, 2.45) is 0 Å². The van der Waals surface area contributed by atoms with E-state index in [2.05, 4.69) is 0 Å². The van der Waals surface area contributed by atoms with E-state index in [4.69, 9.17) is 5.11 Å². The van der Waals surface area contributed by atoms with Crippen LogP contribution in [0.3, 0.4) is 0 Å². The zero-order valence-corrected chi connectivity index (χ0v) is 15.9. The van der Waals surface area contributed by atoms with E-state index in [9.17, 15) is 22.4 Å². The number of carboxylic acid groups (broad SMARTS) is 1. The number of anilines is 1. The van der Waals surface area contributed by atoms with Gasteiger partial charge in [0.2, 0.25) is 6.41 Å². The Morgan fingerprint density at radius 3 is 2.43 bits per heavy atom. The minimum Gasteiger partial charge on any atom is -0.481 e. The van der Waals surface area contributed by atoms with Crippen molar-refractivity contribution in [3.05, 3.63) is 59.5 Å². The molecule has 3 aromatic rings. The van der Waals surface area contributed by atoms with Crippen LogP contribution in [0.4, 0.5) is 10.1 Å². The normalized spacial score (nSPS) is 11.5. The van der Waals surface area contributed by atoms with Gasteiger partial charge in [-0.15, -0.1) is 0 Å². The Balaban J connectivity index is 2.23. The first-order chi connectivity index (χ1) is 13.2. The van der Waals surface area contributed by atoms with Crippen LogP contribution in [0, 0.1) is 12.7 Å². The Morgan fingerprint density at radius 1 is 1.21 bits per heavy atom. The number of hydrogen-bond donors (Lipinski definition) is 1. The second kappa shape index (κ2) is 7.08. The molecule has 2 aromatic carbocycles. The first-order valence-electron chi connectivity index (χ1n) is 8.22. The van der Waals surface area contributed by atoms with E-state index in [0.29, 0.717) is 12.1 Å². The number of nitrogens with zero attached hydrogens (tertiary/aromatic N) is 2. The molecular weight excluding hydrogens is 387 g/mol. The highest BCUT2D eigenvalue weighted by Gasteiger charge is 2.26. The van der Waals surface area contributed by atoms with Gasteiger partial charge in [-0.1, -0.05) is 0 Å². The molecule has 0 spiro atoms. The van der Waals surface area contributed by atoms with Crippen LogP contribution >= 0.6 is 0 Å². The van der Waals surface area contributed by atoms with Gasteiger partial charge in [-0.25, -0.2) is 16.8 Å². The lowest BCUT2D eigenvalue weighted by Gasteiger charge is -2.13. The summed E-state index contributed by atoms with van der Waals surface area (Å²) in [5.41, 5.74) is 1.15. The molecule has 0 aliphatic carbocycles. The topological polar surface area (TPSA) is 96.7 Å². The number of rotatable bonds is 6. The first kappa shape index (κ1) is 19.6. The summed E-state index contributed by atoms with van der Waals surface area (Å²) in [5.74, 6) is -1.74. The highest BCUT2D eigenvalue weighted by atomic mass is 32.2. The molecule has 0 aliphatic heterocycles. The second-order valence-electron chi connectivity index (χ2n) is 6.28. The summed E-state index contributed by atoms with van der Waals surface area (Å²) < 4.78 is 41.2. The summed E-state index contributed by atoms with van der Waals surface area (Å²) in [4.78, 5) is 23.3. The molecule has 0 bridgehead atoms. The maximum absolute atomic E-state index is 13.7. The van der Waals surface area contributed by atoms with Gasteiger partial charge in [-0.05, 0) is 55.0 Å². The van der Waals surface area contributed by atoms with Crippen LogP contribution in [0.1, 0.15) is 11.3 Å². The lowest BCUT2D eigenvalue weighted by molar-refractivity contribution is -0.136. The number of carbonyl (C=O) groups excluding carboxylic acids is 1. The van der Waals surface area contributed by atoms with E-state index in [0.717, 1.165) is 16.1 Å². The number of halogens is 1. The van der Waals surface area contributed by atoms with E-state index in [1.165, 1.54) is 49.2 Å². The van der Waals surface area contributed by atoms with Gasteiger partial charge in [0.15, 0.2) is 0 Å². The maximum atomic E-state index is 13.7. The molecule has 0 atom stereocenters. The fourth-order valence-electron chi connectivity index (χ4n) is 3.13. The highest BCUT2D eigenvalue weighted by molar-refractivity contribution is 7.90. The van der Waals surface area contributed by atoms with Gasteiger partial charge < -0.3 is 10.0 Å². The quantitative estimate of drug-likeness (QED) is 0.637. The van der Waals surface area contributed by atoms with E-state index in [1.54, 1.807) is 0 Å². The molecule has 0 radical (unpaired) electrons. The molecule has 1 aromatic heterocycles. The van der Waals surface area contributed by atoms with Gasteiger partial charge in [0.25, 0.3) is 10.0 Å². The summed E-state index contributed by atoms with van der Waals surface area (Å²) in [6, 6.07) is 9.26. The molecule has 0 saturated carbocycles. The summed E-state index contributed by atoms with van der Waals surface area (Å²) in [5, 5.41) is 9.41. The van der Waals surface area contributed by atoms with Crippen molar-refractivity contribution >= 4 is 39.0 Å². The van der Waals surface area contributed by atoms with Crippen LogP contribution in [0.5, 0.6) is 0 Å². The van der Waals surface area contributed by atoms with Crippen LogP contribution in [0.25, 0.3) is 10.9 Å². The predicted octanol–water partition coefficient (Wildman–Crippen LogP) is 2.55. The number of amides is 1. The average molecular weight is 404 g/mol. The second-order valence-corrected chi connectivity index (χ2v) is 8.06. The van der Waals surface area contributed by atoms with Gasteiger partial charge in [-0.2, -0.15) is 0 Å². The van der Waals surface area contributed by atoms with E-state index < -0.39 is 28.2 Å². The predicted molar refractivity (Wildman–Crippen MR) is 101 cm³/mol. The molecule has 3 rings (SSSR count). The molecule has 28 heavy (non-hydrogen) atoms. The number of hydrogen-bond acceptors (Lipinski definition) is 4. The third kappa shape index (κ3) is 3.24. The molecular formula is C19H17FN2O5S. The van der Waals surface area contributed by atoms with Gasteiger partial charge in [0, 0.05) is 23.8 Å². The number of aliphatic carboxylic acids is 1. The zero-order chi connectivity index (χ0) is 20.6. The van der Waals surface area contributed by atoms with Crippen molar-refractivity contribution in [1.29, 1.82) is 0 Å². The minimum absolute atomic E-state index is 0.0400. The largest absolute Gasteiger partial charge is 0.481 e. The zero-order valence-electron chi connectivity index (χ0n) is 15.1. The van der Waals surface area contributed by atoms with Crippen LogP contribution < -0.4 is 4.90 Å². The molecule has 0 unspecified atom stereocenters.